The van der Waals surface area contributed by atoms with Gasteiger partial charge < -0.3 is 10.4 Å². The number of rotatable bonds is 5. The molecular formula is C11H12N4O3. The van der Waals surface area contributed by atoms with E-state index < -0.39 is 4.92 Å². The van der Waals surface area contributed by atoms with E-state index in [-0.39, 0.29) is 29.1 Å². The van der Waals surface area contributed by atoms with Gasteiger partial charge in [-0.3, -0.25) is 10.1 Å². The van der Waals surface area contributed by atoms with Crippen LogP contribution in [0.4, 0.5) is 11.5 Å². The molecule has 0 bridgehead atoms. The van der Waals surface area contributed by atoms with E-state index in [2.05, 4.69) is 10.3 Å². The van der Waals surface area contributed by atoms with Crippen LogP contribution in [-0.2, 0) is 0 Å². The summed E-state index contributed by atoms with van der Waals surface area (Å²) in [5.74, 6) is 0.0822. The largest absolute Gasteiger partial charge is 0.396 e. The van der Waals surface area contributed by atoms with Crippen molar-refractivity contribution in [3.63, 3.8) is 0 Å². The van der Waals surface area contributed by atoms with Gasteiger partial charge in [-0.1, -0.05) is 0 Å². The van der Waals surface area contributed by atoms with E-state index in [1.807, 2.05) is 0 Å². The monoisotopic (exact) mass is 248 g/mol. The maximum absolute atomic E-state index is 10.9. The number of hydrogen-bond donors (Lipinski definition) is 2. The third-order valence-corrected chi connectivity index (χ3v) is 3.15. The van der Waals surface area contributed by atoms with Crippen molar-refractivity contribution in [1.29, 1.82) is 5.26 Å². The molecule has 7 heteroatoms. The van der Waals surface area contributed by atoms with Crippen LogP contribution in [0.25, 0.3) is 0 Å². The Bertz CT molecular complexity index is 520. The van der Waals surface area contributed by atoms with Crippen LogP contribution < -0.4 is 5.32 Å². The highest BCUT2D eigenvalue weighted by Crippen LogP contribution is 2.45. The summed E-state index contributed by atoms with van der Waals surface area (Å²) in [7, 11) is 0. The van der Waals surface area contributed by atoms with Gasteiger partial charge in [-0.2, -0.15) is 5.26 Å². The quantitative estimate of drug-likeness (QED) is 0.594. The lowest BCUT2D eigenvalue weighted by atomic mass is 10.1. The summed E-state index contributed by atoms with van der Waals surface area (Å²) in [5, 5.41) is 31.8. The van der Waals surface area contributed by atoms with Crippen LogP contribution >= 0.6 is 0 Å². The number of hydrogen-bond acceptors (Lipinski definition) is 6. The number of anilines is 1. The first-order valence-electron chi connectivity index (χ1n) is 5.50. The Kier molecular flexibility index (Phi) is 3.12. The fourth-order valence-corrected chi connectivity index (χ4v) is 1.70. The van der Waals surface area contributed by atoms with Gasteiger partial charge in [-0.15, -0.1) is 0 Å². The molecule has 1 aromatic heterocycles. The minimum atomic E-state index is -0.619. The molecule has 0 saturated heterocycles. The predicted molar refractivity (Wildman–Crippen MR) is 62.8 cm³/mol. The standard InChI is InChI=1S/C11H12N4O3/c12-5-8-1-4-13-10(9(8)15(17)18)14-6-11(7-16)2-3-11/h1,4,16H,2-3,6-7H2,(H,13,14). The third kappa shape index (κ3) is 2.24. The predicted octanol–water partition coefficient (Wildman–Crippen LogP) is 1.05. The fourth-order valence-electron chi connectivity index (χ4n) is 1.70. The number of nitrogens with one attached hydrogen (secondary N) is 1. The molecule has 7 nitrogen and oxygen atoms in total. The molecule has 1 aromatic rings. The zero-order valence-electron chi connectivity index (χ0n) is 9.59. The van der Waals surface area contributed by atoms with Gasteiger partial charge >= 0.3 is 5.69 Å². The average Bonchev–Trinajstić information content (AvgIpc) is 3.16. The van der Waals surface area contributed by atoms with Gasteiger partial charge in [-0.25, -0.2) is 4.98 Å². The van der Waals surface area contributed by atoms with E-state index in [1.165, 1.54) is 12.3 Å². The smallest absolute Gasteiger partial charge is 0.328 e. The topological polar surface area (TPSA) is 112 Å². The number of aliphatic hydroxyl groups excluding tert-OH is 1. The number of aromatic nitrogens is 1. The van der Waals surface area contributed by atoms with Crippen LogP contribution in [0.2, 0.25) is 0 Å². The molecule has 1 heterocycles. The Morgan fingerprint density at radius 1 is 1.67 bits per heavy atom. The molecule has 0 aliphatic heterocycles. The van der Waals surface area contributed by atoms with E-state index in [0.717, 1.165) is 12.8 Å². The highest BCUT2D eigenvalue weighted by Gasteiger charge is 2.42. The van der Waals surface area contributed by atoms with Crippen LogP contribution in [0.3, 0.4) is 0 Å². The molecule has 94 valence electrons. The van der Waals surface area contributed by atoms with Crippen LogP contribution in [-0.4, -0.2) is 28.2 Å². The van der Waals surface area contributed by atoms with Gasteiger partial charge in [0.2, 0.25) is 5.82 Å². The Morgan fingerprint density at radius 3 is 2.89 bits per heavy atom. The van der Waals surface area contributed by atoms with Crippen molar-refractivity contribution in [2.45, 2.75) is 12.8 Å². The Labute approximate surface area is 103 Å². The molecule has 0 aromatic carbocycles. The minimum absolute atomic E-state index is 0.0219. The maximum atomic E-state index is 10.9. The number of pyridine rings is 1. The van der Waals surface area contributed by atoms with Crippen molar-refractivity contribution in [3.8, 4) is 6.07 Å². The van der Waals surface area contributed by atoms with Crippen LogP contribution in [0.1, 0.15) is 18.4 Å². The highest BCUT2D eigenvalue weighted by atomic mass is 16.6. The Balaban J connectivity index is 2.22. The molecular weight excluding hydrogens is 236 g/mol. The van der Waals surface area contributed by atoms with Crippen molar-refractivity contribution >= 4 is 11.5 Å². The normalized spacial score (nSPS) is 15.8. The second-order valence-corrected chi connectivity index (χ2v) is 4.44. The molecule has 1 saturated carbocycles. The first-order chi connectivity index (χ1) is 8.62. The van der Waals surface area contributed by atoms with E-state index in [1.54, 1.807) is 6.07 Å². The molecule has 1 fully saturated rings. The summed E-state index contributed by atoms with van der Waals surface area (Å²) in [6.07, 6.45) is 3.14. The van der Waals surface area contributed by atoms with E-state index in [0.29, 0.717) is 6.54 Å². The molecule has 0 unspecified atom stereocenters. The lowest BCUT2D eigenvalue weighted by Gasteiger charge is -2.13. The third-order valence-electron chi connectivity index (χ3n) is 3.15. The molecule has 18 heavy (non-hydrogen) atoms. The summed E-state index contributed by atoms with van der Waals surface area (Å²) in [6, 6.07) is 3.08. The molecule has 0 amide bonds. The number of nitriles is 1. The van der Waals surface area contributed by atoms with E-state index in [4.69, 9.17) is 10.4 Å². The molecule has 0 atom stereocenters. The zero-order valence-corrected chi connectivity index (χ0v) is 9.59. The average molecular weight is 248 g/mol. The van der Waals surface area contributed by atoms with Gasteiger partial charge in [0, 0.05) is 18.2 Å². The molecule has 0 spiro atoms. The van der Waals surface area contributed by atoms with Crippen LogP contribution in [0.5, 0.6) is 0 Å². The SMILES string of the molecule is N#Cc1ccnc(NCC2(CO)CC2)c1[N+](=O)[O-]. The fraction of sp³-hybridized carbons (Fsp3) is 0.455. The Hall–Kier alpha value is -2.20. The molecule has 2 rings (SSSR count). The van der Waals surface area contributed by atoms with Crippen molar-refractivity contribution in [2.75, 3.05) is 18.5 Å². The van der Waals surface area contributed by atoms with Crippen molar-refractivity contribution < 1.29 is 10.0 Å². The summed E-state index contributed by atoms with van der Waals surface area (Å²) in [4.78, 5) is 14.2. The summed E-state index contributed by atoms with van der Waals surface area (Å²) in [5.41, 5.74) is -0.516. The van der Waals surface area contributed by atoms with E-state index >= 15 is 0 Å². The molecule has 1 aliphatic carbocycles. The van der Waals surface area contributed by atoms with Gasteiger partial charge in [-0.05, 0) is 18.9 Å². The number of aliphatic hydroxyl groups is 1. The highest BCUT2D eigenvalue weighted by molar-refractivity contribution is 5.64. The molecule has 0 radical (unpaired) electrons. The van der Waals surface area contributed by atoms with Gasteiger partial charge in [0.15, 0.2) is 0 Å². The second-order valence-electron chi connectivity index (χ2n) is 4.44. The lowest BCUT2D eigenvalue weighted by molar-refractivity contribution is -0.384. The minimum Gasteiger partial charge on any atom is -0.396 e. The van der Waals surface area contributed by atoms with Gasteiger partial charge in [0.25, 0.3) is 0 Å². The summed E-state index contributed by atoms with van der Waals surface area (Å²) >= 11 is 0. The summed E-state index contributed by atoms with van der Waals surface area (Å²) < 4.78 is 0. The van der Waals surface area contributed by atoms with Crippen LogP contribution in [0, 0.1) is 26.9 Å². The van der Waals surface area contributed by atoms with E-state index in [9.17, 15) is 10.1 Å². The molecule has 2 N–H and O–H groups in total. The Morgan fingerprint density at radius 2 is 2.39 bits per heavy atom. The number of nitro groups is 1. The lowest BCUT2D eigenvalue weighted by Crippen LogP contribution is -2.20. The van der Waals surface area contributed by atoms with Crippen molar-refractivity contribution in [2.24, 2.45) is 5.41 Å². The first-order valence-corrected chi connectivity index (χ1v) is 5.50. The molecule has 1 aliphatic rings. The first kappa shape index (κ1) is 12.3. The number of nitrogens with zero attached hydrogens (tertiary/aromatic N) is 3. The van der Waals surface area contributed by atoms with Gasteiger partial charge in [0.05, 0.1) is 11.5 Å². The van der Waals surface area contributed by atoms with Crippen LogP contribution in [0.15, 0.2) is 12.3 Å². The summed E-state index contributed by atoms with van der Waals surface area (Å²) in [6.45, 7) is 0.470. The van der Waals surface area contributed by atoms with Gasteiger partial charge in [0.1, 0.15) is 11.6 Å². The zero-order chi connectivity index (χ0) is 13.2. The van der Waals surface area contributed by atoms with Crippen molar-refractivity contribution in [3.05, 3.63) is 27.9 Å². The second kappa shape index (κ2) is 4.58. The van der Waals surface area contributed by atoms with Crippen molar-refractivity contribution in [1.82, 2.24) is 4.98 Å². The maximum Gasteiger partial charge on any atom is 0.328 e.